The van der Waals surface area contributed by atoms with Crippen LogP contribution in [0.2, 0.25) is 0 Å². The van der Waals surface area contributed by atoms with E-state index in [0.717, 1.165) is 24.2 Å². The van der Waals surface area contributed by atoms with Crippen molar-refractivity contribution in [1.82, 2.24) is 5.32 Å². The van der Waals surface area contributed by atoms with Crippen LogP contribution in [0.3, 0.4) is 0 Å². The molecule has 0 radical (unpaired) electrons. The molecular weight excluding hydrogens is 354 g/mol. The number of ether oxygens (including phenoxy) is 2. The summed E-state index contributed by atoms with van der Waals surface area (Å²) in [5, 5.41) is 3.25. The van der Waals surface area contributed by atoms with Crippen molar-refractivity contribution in [2.75, 3.05) is 7.11 Å². The second kappa shape index (κ2) is 7.19. The van der Waals surface area contributed by atoms with Crippen molar-refractivity contribution in [2.24, 2.45) is 23.7 Å². The molecule has 1 amide bonds. The van der Waals surface area contributed by atoms with Crippen LogP contribution in [0.25, 0.3) is 0 Å². The van der Waals surface area contributed by atoms with Crippen LogP contribution in [0, 0.1) is 23.7 Å². The highest BCUT2D eigenvalue weighted by molar-refractivity contribution is 5.91. The first-order chi connectivity index (χ1) is 13.7. The zero-order chi connectivity index (χ0) is 19.1. The minimum Gasteiger partial charge on any atom is -0.493 e. The molecule has 3 aliphatic rings. The van der Waals surface area contributed by atoms with Gasteiger partial charge in [0.25, 0.3) is 5.91 Å². The van der Waals surface area contributed by atoms with Crippen LogP contribution in [-0.4, -0.2) is 19.1 Å². The summed E-state index contributed by atoms with van der Waals surface area (Å²) in [7, 11) is 1.61. The number of furan rings is 1. The van der Waals surface area contributed by atoms with Crippen LogP contribution in [0.4, 0.5) is 0 Å². The van der Waals surface area contributed by atoms with Gasteiger partial charge in [-0.25, -0.2) is 0 Å². The third-order valence-corrected chi connectivity index (χ3v) is 7.07. The van der Waals surface area contributed by atoms with Crippen LogP contribution >= 0.6 is 0 Å². The Balaban J connectivity index is 1.19. The average Bonchev–Trinajstić information content (AvgIpc) is 3.48. The first-order valence-corrected chi connectivity index (χ1v) is 10.4. The Morgan fingerprint density at radius 1 is 1.07 bits per heavy atom. The lowest BCUT2D eigenvalue weighted by Crippen LogP contribution is -2.42. The van der Waals surface area contributed by atoms with Gasteiger partial charge in [0, 0.05) is 6.04 Å². The molecule has 5 heteroatoms. The molecule has 2 bridgehead atoms. The molecule has 0 unspecified atom stereocenters. The zero-order valence-electron chi connectivity index (χ0n) is 16.2. The Morgan fingerprint density at radius 2 is 1.89 bits per heavy atom. The van der Waals surface area contributed by atoms with Crippen LogP contribution in [0.1, 0.15) is 48.4 Å². The molecule has 0 aliphatic heterocycles. The smallest absolute Gasteiger partial charge is 0.287 e. The van der Waals surface area contributed by atoms with Crippen molar-refractivity contribution in [3.8, 4) is 11.5 Å². The van der Waals surface area contributed by atoms with E-state index in [1.807, 2.05) is 24.3 Å². The summed E-state index contributed by atoms with van der Waals surface area (Å²) in [5.74, 6) is 5.48. The van der Waals surface area contributed by atoms with Gasteiger partial charge in [-0.15, -0.1) is 0 Å². The Bertz CT molecular complexity index is 860. The Hall–Kier alpha value is -2.43. The van der Waals surface area contributed by atoms with Gasteiger partial charge in [-0.3, -0.25) is 4.79 Å². The minimum absolute atomic E-state index is 0.101. The number of carbonyl (C=O) groups is 1. The number of nitrogens with one attached hydrogen (secondary N) is 1. The molecule has 3 saturated carbocycles. The minimum atomic E-state index is -0.101. The number of amides is 1. The normalized spacial score (nSPS) is 30.2. The van der Waals surface area contributed by atoms with E-state index in [2.05, 4.69) is 5.32 Å². The fourth-order valence-electron chi connectivity index (χ4n) is 5.94. The predicted octanol–water partition coefficient (Wildman–Crippen LogP) is 4.42. The molecule has 0 spiro atoms. The van der Waals surface area contributed by atoms with Crippen LogP contribution in [-0.2, 0) is 6.61 Å². The predicted molar refractivity (Wildman–Crippen MR) is 104 cm³/mol. The van der Waals surface area contributed by atoms with Crippen molar-refractivity contribution >= 4 is 5.91 Å². The van der Waals surface area contributed by atoms with Gasteiger partial charge in [-0.1, -0.05) is 18.6 Å². The highest BCUT2D eigenvalue weighted by atomic mass is 16.5. The summed E-state index contributed by atoms with van der Waals surface area (Å²) >= 11 is 0. The first-order valence-electron chi connectivity index (χ1n) is 10.4. The molecule has 5 rings (SSSR count). The zero-order valence-corrected chi connectivity index (χ0v) is 16.2. The monoisotopic (exact) mass is 381 g/mol. The van der Waals surface area contributed by atoms with Crippen molar-refractivity contribution < 1.29 is 18.7 Å². The van der Waals surface area contributed by atoms with Crippen LogP contribution in [0.5, 0.6) is 11.5 Å². The lowest BCUT2D eigenvalue weighted by molar-refractivity contribution is 0.0869. The Kier molecular flexibility index (Phi) is 4.53. The second-order valence-electron chi connectivity index (χ2n) is 8.44. The molecule has 5 atom stereocenters. The number of carbonyl (C=O) groups excluding carboxylic acids is 1. The van der Waals surface area contributed by atoms with E-state index >= 15 is 0 Å². The van der Waals surface area contributed by atoms with Crippen LogP contribution < -0.4 is 14.8 Å². The molecular formula is C23H27NO4. The maximum absolute atomic E-state index is 12.7. The van der Waals surface area contributed by atoms with Gasteiger partial charge in [0.1, 0.15) is 12.4 Å². The first kappa shape index (κ1) is 17.7. The topological polar surface area (TPSA) is 60.7 Å². The van der Waals surface area contributed by atoms with E-state index in [4.69, 9.17) is 13.9 Å². The van der Waals surface area contributed by atoms with Crippen molar-refractivity contribution in [2.45, 2.75) is 44.8 Å². The van der Waals surface area contributed by atoms with E-state index in [1.54, 1.807) is 19.2 Å². The fourth-order valence-corrected chi connectivity index (χ4v) is 5.94. The Labute approximate surface area is 165 Å². The lowest BCUT2D eigenvalue weighted by atomic mass is 9.79. The van der Waals surface area contributed by atoms with Gasteiger partial charge >= 0.3 is 0 Å². The van der Waals surface area contributed by atoms with Crippen LogP contribution in [0.15, 0.2) is 40.8 Å². The SMILES string of the molecule is COc1ccccc1OCc1ccc(C(=O)N[C@@H]2C[C@H]3C[C@H]2[C@H]2CCC[C@@H]32)o1. The fraction of sp³-hybridized carbons (Fsp3) is 0.522. The summed E-state index contributed by atoms with van der Waals surface area (Å²) in [6, 6.07) is 11.3. The molecule has 1 aromatic heterocycles. The van der Waals surface area contributed by atoms with Gasteiger partial charge in [0.15, 0.2) is 17.3 Å². The summed E-state index contributed by atoms with van der Waals surface area (Å²) in [6.07, 6.45) is 6.57. The van der Waals surface area contributed by atoms with E-state index in [9.17, 15) is 4.79 Å². The number of rotatable bonds is 6. The molecule has 3 fully saturated rings. The number of fused-ring (bicyclic) bond motifs is 5. The summed E-state index contributed by atoms with van der Waals surface area (Å²) < 4.78 is 16.8. The molecule has 2 aromatic rings. The standard InChI is InChI=1S/C23H27NO4/c1-26-20-7-2-3-8-21(20)27-13-15-9-10-22(28-15)23(25)24-19-12-14-11-18(19)17-6-4-5-16(14)17/h2-3,7-10,14,16-19H,4-6,11-13H2,1H3,(H,24,25)/t14-,16+,17+,18+,19-/m1/s1. The molecule has 28 heavy (non-hydrogen) atoms. The Morgan fingerprint density at radius 3 is 2.75 bits per heavy atom. The summed E-state index contributed by atoms with van der Waals surface area (Å²) in [6.45, 7) is 0.255. The summed E-state index contributed by atoms with van der Waals surface area (Å²) in [4.78, 5) is 12.7. The molecule has 1 heterocycles. The highest BCUT2D eigenvalue weighted by Crippen LogP contribution is 2.58. The molecule has 0 saturated heterocycles. The number of benzene rings is 1. The molecule has 1 aromatic carbocycles. The number of hydrogen-bond acceptors (Lipinski definition) is 4. The van der Waals surface area contributed by atoms with Gasteiger partial charge in [-0.2, -0.15) is 0 Å². The quantitative estimate of drug-likeness (QED) is 0.805. The molecule has 1 N–H and O–H groups in total. The van der Waals surface area contributed by atoms with Crippen molar-refractivity contribution in [1.29, 1.82) is 0 Å². The van der Waals surface area contributed by atoms with Crippen molar-refractivity contribution in [3.63, 3.8) is 0 Å². The molecule has 148 valence electrons. The largest absolute Gasteiger partial charge is 0.493 e. The van der Waals surface area contributed by atoms with E-state index < -0.39 is 0 Å². The van der Waals surface area contributed by atoms with Crippen molar-refractivity contribution in [3.05, 3.63) is 47.9 Å². The van der Waals surface area contributed by atoms with Gasteiger partial charge in [-0.05, 0) is 73.6 Å². The number of para-hydroxylation sites is 2. The molecule has 5 nitrogen and oxygen atoms in total. The van der Waals surface area contributed by atoms with E-state index in [0.29, 0.717) is 35.0 Å². The number of hydrogen-bond donors (Lipinski definition) is 1. The summed E-state index contributed by atoms with van der Waals surface area (Å²) in [5.41, 5.74) is 0. The maximum atomic E-state index is 12.7. The average molecular weight is 381 g/mol. The maximum Gasteiger partial charge on any atom is 0.287 e. The highest BCUT2D eigenvalue weighted by Gasteiger charge is 2.54. The van der Waals surface area contributed by atoms with Gasteiger partial charge < -0.3 is 19.2 Å². The van der Waals surface area contributed by atoms with E-state index in [1.165, 1.54) is 25.7 Å². The van der Waals surface area contributed by atoms with Gasteiger partial charge in [0.2, 0.25) is 0 Å². The third kappa shape index (κ3) is 3.07. The lowest BCUT2D eigenvalue weighted by Gasteiger charge is -2.31. The third-order valence-electron chi connectivity index (χ3n) is 7.07. The molecule has 3 aliphatic carbocycles. The van der Waals surface area contributed by atoms with E-state index in [-0.39, 0.29) is 12.5 Å². The second-order valence-corrected chi connectivity index (χ2v) is 8.44. The van der Waals surface area contributed by atoms with Gasteiger partial charge in [0.05, 0.1) is 7.11 Å². The number of methoxy groups -OCH3 is 1.